The van der Waals surface area contributed by atoms with Crippen LogP contribution < -0.4 is 10.1 Å². The average Bonchev–Trinajstić information content (AvgIpc) is 2.63. The van der Waals surface area contributed by atoms with Crippen molar-refractivity contribution in [2.75, 3.05) is 25.5 Å². The molecule has 2 amide bonds. The van der Waals surface area contributed by atoms with Crippen LogP contribution in [-0.2, 0) is 16.0 Å². The van der Waals surface area contributed by atoms with E-state index in [-0.39, 0.29) is 18.2 Å². The Morgan fingerprint density at radius 2 is 1.73 bits per heavy atom. The largest absolute Gasteiger partial charge is 0.496 e. The third-order valence-corrected chi connectivity index (χ3v) is 4.32. The number of aryl methyl sites for hydroxylation is 1. The molecule has 1 N–H and O–H groups in total. The molecule has 2 aromatic rings. The highest BCUT2D eigenvalue weighted by molar-refractivity contribution is 5.91. The highest BCUT2D eigenvalue weighted by atomic mass is 16.5. The van der Waals surface area contributed by atoms with Gasteiger partial charge in [0.15, 0.2) is 0 Å². The number of anilines is 1. The number of methoxy groups -OCH3 is 1. The van der Waals surface area contributed by atoms with Gasteiger partial charge in [-0.05, 0) is 36.6 Å². The summed E-state index contributed by atoms with van der Waals surface area (Å²) in [6.45, 7) is 4.42. The lowest BCUT2D eigenvalue weighted by atomic mass is 10.1. The fraction of sp³-hybridized carbons (Fsp3) is 0.333. The van der Waals surface area contributed by atoms with Crippen LogP contribution in [0.3, 0.4) is 0 Å². The number of nitrogens with one attached hydrogen (secondary N) is 1. The van der Waals surface area contributed by atoms with Crippen LogP contribution in [0.5, 0.6) is 5.75 Å². The molecule has 0 aromatic heterocycles. The van der Waals surface area contributed by atoms with Crippen LogP contribution in [0.25, 0.3) is 0 Å². The van der Waals surface area contributed by atoms with Crippen LogP contribution in [0.1, 0.15) is 24.5 Å². The Morgan fingerprint density at radius 3 is 2.42 bits per heavy atom. The number of ether oxygens (including phenoxy) is 1. The zero-order chi connectivity index (χ0) is 18.9. The van der Waals surface area contributed by atoms with Gasteiger partial charge in [-0.3, -0.25) is 9.59 Å². The van der Waals surface area contributed by atoms with E-state index in [1.807, 2.05) is 55.5 Å². The molecule has 2 rings (SSSR count). The number of hydrogen-bond donors (Lipinski definition) is 1. The molecule has 0 spiro atoms. The Balaban J connectivity index is 1.89. The van der Waals surface area contributed by atoms with Gasteiger partial charge in [0.1, 0.15) is 5.75 Å². The molecular weight excluding hydrogens is 328 g/mol. The molecular formula is C21H26N2O3. The van der Waals surface area contributed by atoms with Gasteiger partial charge in [0.2, 0.25) is 11.8 Å². The summed E-state index contributed by atoms with van der Waals surface area (Å²) in [7, 11) is 1.64. The molecule has 26 heavy (non-hydrogen) atoms. The number of para-hydroxylation sites is 2. The molecule has 0 aliphatic rings. The number of carbonyl (C=O) groups is 2. The van der Waals surface area contributed by atoms with Crippen molar-refractivity contribution >= 4 is 17.5 Å². The Hall–Kier alpha value is -2.82. The normalized spacial score (nSPS) is 10.3. The average molecular weight is 354 g/mol. The summed E-state index contributed by atoms with van der Waals surface area (Å²) in [6, 6.07) is 15.4. The zero-order valence-electron chi connectivity index (χ0n) is 15.6. The minimum absolute atomic E-state index is 0.0383. The predicted octanol–water partition coefficient (Wildman–Crippen LogP) is 3.42. The van der Waals surface area contributed by atoms with Crippen molar-refractivity contribution in [2.45, 2.75) is 26.7 Å². The monoisotopic (exact) mass is 354 g/mol. The number of nitrogens with zero attached hydrogens (tertiary/aromatic N) is 1. The summed E-state index contributed by atoms with van der Waals surface area (Å²) in [5.74, 6) is 0.680. The SMILES string of the molecule is COc1ccccc1CCN(CCC(=O)Nc1ccccc1C)C(C)=O. The van der Waals surface area contributed by atoms with Crippen LogP contribution >= 0.6 is 0 Å². The maximum absolute atomic E-state index is 12.2. The van der Waals surface area contributed by atoms with E-state index in [2.05, 4.69) is 5.32 Å². The van der Waals surface area contributed by atoms with Crippen molar-refractivity contribution in [3.63, 3.8) is 0 Å². The van der Waals surface area contributed by atoms with E-state index >= 15 is 0 Å². The van der Waals surface area contributed by atoms with E-state index in [1.165, 1.54) is 6.92 Å². The fourth-order valence-corrected chi connectivity index (χ4v) is 2.75. The third-order valence-electron chi connectivity index (χ3n) is 4.32. The highest BCUT2D eigenvalue weighted by Crippen LogP contribution is 2.18. The van der Waals surface area contributed by atoms with Gasteiger partial charge in [-0.25, -0.2) is 0 Å². The molecule has 0 radical (unpaired) electrons. The van der Waals surface area contributed by atoms with E-state index in [0.717, 1.165) is 22.6 Å². The molecule has 0 aliphatic carbocycles. The van der Waals surface area contributed by atoms with Crippen molar-refractivity contribution in [1.82, 2.24) is 4.90 Å². The minimum Gasteiger partial charge on any atom is -0.496 e. The molecule has 0 heterocycles. The smallest absolute Gasteiger partial charge is 0.226 e. The van der Waals surface area contributed by atoms with Gasteiger partial charge in [-0.1, -0.05) is 36.4 Å². The quantitative estimate of drug-likeness (QED) is 0.790. The van der Waals surface area contributed by atoms with Gasteiger partial charge >= 0.3 is 0 Å². The molecule has 138 valence electrons. The van der Waals surface area contributed by atoms with Crippen LogP contribution in [0, 0.1) is 6.92 Å². The predicted molar refractivity (Wildman–Crippen MR) is 103 cm³/mol. The molecule has 2 aromatic carbocycles. The number of hydrogen-bond acceptors (Lipinski definition) is 3. The maximum atomic E-state index is 12.2. The molecule has 0 saturated heterocycles. The van der Waals surface area contributed by atoms with Gasteiger partial charge in [-0.15, -0.1) is 0 Å². The molecule has 0 fully saturated rings. The summed E-state index contributed by atoms with van der Waals surface area (Å²) in [6.07, 6.45) is 0.947. The van der Waals surface area contributed by atoms with Crippen molar-refractivity contribution in [1.29, 1.82) is 0 Å². The summed E-state index contributed by atoms with van der Waals surface area (Å²) < 4.78 is 5.35. The Labute approximate surface area is 155 Å². The van der Waals surface area contributed by atoms with Crippen molar-refractivity contribution in [3.8, 4) is 5.75 Å². The Bertz CT molecular complexity index is 758. The first-order valence-electron chi connectivity index (χ1n) is 8.74. The van der Waals surface area contributed by atoms with E-state index < -0.39 is 0 Å². The number of rotatable bonds is 8. The first-order chi connectivity index (χ1) is 12.5. The molecule has 0 unspecified atom stereocenters. The minimum atomic E-state index is -0.0946. The van der Waals surface area contributed by atoms with Crippen LogP contribution in [0.4, 0.5) is 5.69 Å². The second kappa shape index (κ2) is 9.61. The molecule has 0 aliphatic heterocycles. The van der Waals surface area contributed by atoms with E-state index in [4.69, 9.17) is 4.74 Å². The van der Waals surface area contributed by atoms with E-state index in [9.17, 15) is 9.59 Å². The van der Waals surface area contributed by atoms with Gasteiger partial charge in [0, 0.05) is 32.1 Å². The molecule has 0 saturated carbocycles. The molecule has 0 atom stereocenters. The first kappa shape index (κ1) is 19.5. The zero-order valence-corrected chi connectivity index (χ0v) is 15.6. The number of carbonyl (C=O) groups excluding carboxylic acids is 2. The van der Waals surface area contributed by atoms with Crippen molar-refractivity contribution in [2.24, 2.45) is 0 Å². The van der Waals surface area contributed by atoms with Crippen molar-refractivity contribution in [3.05, 3.63) is 59.7 Å². The van der Waals surface area contributed by atoms with Gasteiger partial charge < -0.3 is 15.0 Å². The highest BCUT2D eigenvalue weighted by Gasteiger charge is 2.13. The Kier molecular flexibility index (Phi) is 7.21. The number of amides is 2. The third kappa shape index (κ3) is 5.62. The summed E-state index contributed by atoms with van der Waals surface area (Å²) in [5, 5.41) is 2.90. The van der Waals surface area contributed by atoms with E-state index in [1.54, 1.807) is 12.0 Å². The van der Waals surface area contributed by atoms with Gasteiger partial charge in [0.05, 0.1) is 7.11 Å². The molecule has 5 nitrogen and oxygen atoms in total. The maximum Gasteiger partial charge on any atom is 0.226 e. The van der Waals surface area contributed by atoms with Crippen LogP contribution in [0.2, 0.25) is 0 Å². The lowest BCUT2D eigenvalue weighted by molar-refractivity contribution is -0.129. The van der Waals surface area contributed by atoms with Gasteiger partial charge in [0.25, 0.3) is 0 Å². The number of benzene rings is 2. The standard InChI is InChI=1S/C21H26N2O3/c1-16-8-4-6-10-19(16)22-21(25)13-15-23(17(2)24)14-12-18-9-5-7-11-20(18)26-3/h4-11H,12-15H2,1-3H3,(H,22,25). The fourth-order valence-electron chi connectivity index (χ4n) is 2.75. The van der Waals surface area contributed by atoms with Gasteiger partial charge in [-0.2, -0.15) is 0 Å². The Morgan fingerprint density at radius 1 is 1.04 bits per heavy atom. The lowest BCUT2D eigenvalue weighted by Gasteiger charge is -2.21. The lowest BCUT2D eigenvalue weighted by Crippen LogP contribution is -2.33. The molecule has 5 heteroatoms. The van der Waals surface area contributed by atoms with E-state index in [0.29, 0.717) is 19.5 Å². The second-order valence-electron chi connectivity index (χ2n) is 6.18. The summed E-state index contributed by atoms with van der Waals surface area (Å²) in [5.41, 5.74) is 2.87. The second-order valence-corrected chi connectivity index (χ2v) is 6.18. The topological polar surface area (TPSA) is 58.6 Å². The van der Waals surface area contributed by atoms with Crippen LogP contribution in [-0.4, -0.2) is 36.9 Å². The summed E-state index contributed by atoms with van der Waals surface area (Å²) in [4.78, 5) is 25.8. The van der Waals surface area contributed by atoms with Crippen molar-refractivity contribution < 1.29 is 14.3 Å². The summed E-state index contributed by atoms with van der Waals surface area (Å²) >= 11 is 0. The van der Waals surface area contributed by atoms with Crippen LogP contribution in [0.15, 0.2) is 48.5 Å². The first-order valence-corrected chi connectivity index (χ1v) is 8.74. The molecule has 0 bridgehead atoms.